The average Bonchev–Trinajstić information content (AvgIpc) is 2.26. The van der Waals surface area contributed by atoms with Crippen molar-refractivity contribution in [2.75, 3.05) is 24.8 Å². The highest BCUT2D eigenvalue weighted by Crippen LogP contribution is 2.21. The lowest BCUT2D eigenvalue weighted by Crippen LogP contribution is -2.10. The van der Waals surface area contributed by atoms with Gasteiger partial charge < -0.3 is 9.47 Å². The highest BCUT2D eigenvalue weighted by Gasteiger charge is 2.09. The van der Waals surface area contributed by atoms with Crippen molar-refractivity contribution >= 4 is 34.2 Å². The van der Waals surface area contributed by atoms with E-state index in [1.807, 2.05) is 24.3 Å². The van der Waals surface area contributed by atoms with Crippen LogP contribution in [0.5, 0.6) is 0 Å². The van der Waals surface area contributed by atoms with E-state index in [4.69, 9.17) is 21.1 Å². The van der Waals surface area contributed by atoms with Gasteiger partial charge in [-0.05, 0) is 17.7 Å². The zero-order chi connectivity index (χ0) is 11.1. The molecule has 0 aromatic heterocycles. The first-order valence-corrected chi connectivity index (χ1v) is 6.60. The van der Waals surface area contributed by atoms with E-state index in [9.17, 15) is 0 Å². The van der Waals surface area contributed by atoms with Crippen LogP contribution in [0.25, 0.3) is 0 Å². The Balaban J connectivity index is 2.53. The molecule has 84 valence electrons. The quantitative estimate of drug-likeness (QED) is 0.448. The molecular weight excluding hydrogens is 326 g/mol. The highest BCUT2D eigenvalue weighted by molar-refractivity contribution is 14.1. The topological polar surface area (TPSA) is 18.5 Å². The molecule has 15 heavy (non-hydrogen) atoms. The lowest BCUT2D eigenvalue weighted by Gasteiger charge is -2.15. The lowest BCUT2D eigenvalue weighted by atomic mass is 10.1. The summed E-state index contributed by atoms with van der Waals surface area (Å²) in [5.74, 6) is 0. The van der Waals surface area contributed by atoms with Gasteiger partial charge in [0.2, 0.25) is 0 Å². The van der Waals surface area contributed by atoms with Crippen LogP contribution in [0.15, 0.2) is 24.3 Å². The van der Waals surface area contributed by atoms with Crippen LogP contribution >= 0.6 is 34.2 Å². The zero-order valence-electron chi connectivity index (χ0n) is 8.58. The Labute approximate surface area is 109 Å². The van der Waals surface area contributed by atoms with Gasteiger partial charge in [0, 0.05) is 16.6 Å². The van der Waals surface area contributed by atoms with Crippen molar-refractivity contribution in [3.05, 3.63) is 34.9 Å². The molecule has 0 radical (unpaired) electrons. The first-order chi connectivity index (χ1) is 7.27. The van der Waals surface area contributed by atoms with Gasteiger partial charge in [-0.2, -0.15) is 0 Å². The monoisotopic (exact) mass is 340 g/mol. The van der Waals surface area contributed by atoms with Gasteiger partial charge in [-0.15, -0.1) is 0 Å². The Morgan fingerprint density at radius 3 is 2.47 bits per heavy atom. The summed E-state index contributed by atoms with van der Waals surface area (Å²) in [4.78, 5) is 0. The van der Waals surface area contributed by atoms with Crippen molar-refractivity contribution in [1.29, 1.82) is 0 Å². The van der Waals surface area contributed by atoms with Crippen molar-refractivity contribution in [3.63, 3.8) is 0 Å². The summed E-state index contributed by atoms with van der Waals surface area (Å²) in [6.45, 7) is 1.24. The van der Waals surface area contributed by atoms with Gasteiger partial charge >= 0.3 is 0 Å². The average molecular weight is 341 g/mol. The van der Waals surface area contributed by atoms with Crippen molar-refractivity contribution in [3.8, 4) is 0 Å². The molecule has 0 heterocycles. The first kappa shape index (κ1) is 13.2. The summed E-state index contributed by atoms with van der Waals surface area (Å²) < 4.78 is 11.5. The summed E-state index contributed by atoms with van der Waals surface area (Å²) in [7, 11) is 1.67. The lowest BCUT2D eigenvalue weighted by molar-refractivity contribution is 0.0292. The predicted molar refractivity (Wildman–Crippen MR) is 70.9 cm³/mol. The third kappa shape index (κ3) is 4.68. The fourth-order valence-corrected chi connectivity index (χ4v) is 2.07. The molecule has 0 amide bonds. The Hall–Kier alpha value is 0.160. The maximum atomic E-state index is 5.82. The minimum Gasteiger partial charge on any atom is -0.382 e. The van der Waals surface area contributed by atoms with Gasteiger partial charge in [0.1, 0.15) is 0 Å². The number of ether oxygens (including phenoxy) is 2. The summed E-state index contributed by atoms with van der Waals surface area (Å²) in [6.07, 6.45) is 0.123. The predicted octanol–water partition coefficient (Wildman–Crippen LogP) is 3.48. The largest absolute Gasteiger partial charge is 0.382 e. The van der Waals surface area contributed by atoms with E-state index in [2.05, 4.69) is 22.6 Å². The van der Waals surface area contributed by atoms with Gasteiger partial charge in [0.05, 0.1) is 19.3 Å². The molecule has 1 aromatic rings. The van der Waals surface area contributed by atoms with Crippen LogP contribution in [-0.4, -0.2) is 24.8 Å². The highest BCUT2D eigenvalue weighted by atomic mass is 127. The van der Waals surface area contributed by atoms with Crippen LogP contribution in [0.3, 0.4) is 0 Å². The molecule has 2 nitrogen and oxygen atoms in total. The number of rotatable bonds is 6. The second-order valence-electron chi connectivity index (χ2n) is 3.06. The maximum Gasteiger partial charge on any atom is 0.0915 e. The molecule has 0 bridgehead atoms. The fourth-order valence-electron chi connectivity index (χ4n) is 1.18. The fraction of sp³-hybridized carbons (Fsp3) is 0.455. The second kappa shape index (κ2) is 7.44. The number of methoxy groups -OCH3 is 1. The van der Waals surface area contributed by atoms with E-state index in [1.54, 1.807) is 7.11 Å². The molecule has 0 saturated heterocycles. The molecule has 0 fully saturated rings. The van der Waals surface area contributed by atoms with E-state index in [0.29, 0.717) is 13.2 Å². The van der Waals surface area contributed by atoms with E-state index < -0.39 is 0 Å². The van der Waals surface area contributed by atoms with Crippen molar-refractivity contribution < 1.29 is 9.47 Å². The van der Waals surface area contributed by atoms with E-state index in [-0.39, 0.29) is 6.10 Å². The normalized spacial score (nSPS) is 12.7. The van der Waals surface area contributed by atoms with Gasteiger partial charge in [0.25, 0.3) is 0 Å². The Morgan fingerprint density at radius 1 is 1.27 bits per heavy atom. The molecule has 0 spiro atoms. The zero-order valence-corrected chi connectivity index (χ0v) is 11.5. The molecule has 0 saturated carbocycles. The number of alkyl halides is 1. The van der Waals surface area contributed by atoms with E-state index in [0.717, 1.165) is 15.0 Å². The number of hydrogen-bond donors (Lipinski definition) is 0. The standard InChI is InChI=1S/C11H14ClIO2/c1-14-6-7-15-11(8-13)9-2-4-10(12)5-3-9/h2-5,11H,6-8H2,1H3. The number of halogens is 2. The van der Waals surface area contributed by atoms with Gasteiger partial charge in [-0.1, -0.05) is 46.3 Å². The third-order valence-corrected chi connectivity index (χ3v) is 3.04. The van der Waals surface area contributed by atoms with Crippen molar-refractivity contribution in [2.45, 2.75) is 6.10 Å². The molecule has 0 aliphatic carbocycles. The van der Waals surface area contributed by atoms with Crippen LogP contribution in [0, 0.1) is 0 Å². The molecule has 1 rings (SSSR count). The molecular formula is C11H14ClIO2. The van der Waals surface area contributed by atoms with E-state index in [1.165, 1.54) is 0 Å². The van der Waals surface area contributed by atoms with Gasteiger partial charge in [-0.25, -0.2) is 0 Å². The van der Waals surface area contributed by atoms with Crippen LogP contribution in [0.4, 0.5) is 0 Å². The molecule has 4 heteroatoms. The molecule has 1 unspecified atom stereocenters. The van der Waals surface area contributed by atoms with Crippen molar-refractivity contribution in [1.82, 2.24) is 0 Å². The second-order valence-corrected chi connectivity index (χ2v) is 4.38. The minimum atomic E-state index is 0.123. The summed E-state index contributed by atoms with van der Waals surface area (Å²) in [6, 6.07) is 7.77. The van der Waals surface area contributed by atoms with Gasteiger partial charge in [-0.3, -0.25) is 0 Å². The Bertz CT molecular complexity index is 276. The summed E-state index contributed by atoms with van der Waals surface area (Å²) in [5, 5.41) is 0.753. The molecule has 0 aliphatic rings. The van der Waals surface area contributed by atoms with Crippen LogP contribution in [0.1, 0.15) is 11.7 Å². The smallest absolute Gasteiger partial charge is 0.0915 e. The van der Waals surface area contributed by atoms with Crippen LogP contribution in [0.2, 0.25) is 5.02 Å². The summed E-state index contributed by atoms with van der Waals surface area (Å²) in [5.41, 5.74) is 1.16. The molecule has 0 N–H and O–H groups in total. The molecule has 1 atom stereocenters. The van der Waals surface area contributed by atoms with Crippen LogP contribution < -0.4 is 0 Å². The SMILES string of the molecule is COCCOC(CI)c1ccc(Cl)cc1. The Morgan fingerprint density at radius 2 is 1.93 bits per heavy atom. The summed E-state index contributed by atoms with van der Waals surface area (Å²) >= 11 is 8.14. The third-order valence-electron chi connectivity index (χ3n) is 1.99. The molecule has 0 aliphatic heterocycles. The van der Waals surface area contributed by atoms with Gasteiger partial charge in [0.15, 0.2) is 0 Å². The maximum absolute atomic E-state index is 5.82. The number of hydrogen-bond acceptors (Lipinski definition) is 2. The number of benzene rings is 1. The van der Waals surface area contributed by atoms with Crippen LogP contribution in [-0.2, 0) is 9.47 Å². The first-order valence-electron chi connectivity index (χ1n) is 4.70. The molecule has 1 aromatic carbocycles. The van der Waals surface area contributed by atoms with E-state index >= 15 is 0 Å². The Kier molecular flexibility index (Phi) is 6.56. The minimum absolute atomic E-state index is 0.123. The van der Waals surface area contributed by atoms with Crippen molar-refractivity contribution in [2.24, 2.45) is 0 Å².